The first kappa shape index (κ1) is 12.3. The maximum absolute atomic E-state index is 11.8. The molecule has 0 aromatic rings. The fourth-order valence-electron chi connectivity index (χ4n) is 1.95. The van der Waals surface area contributed by atoms with Crippen molar-refractivity contribution in [2.75, 3.05) is 26.7 Å². The lowest BCUT2D eigenvalue weighted by Gasteiger charge is -2.35. The van der Waals surface area contributed by atoms with Crippen molar-refractivity contribution >= 4 is 6.03 Å². The van der Waals surface area contributed by atoms with E-state index in [-0.39, 0.29) is 12.1 Å². The van der Waals surface area contributed by atoms with Crippen LogP contribution in [0, 0.1) is 5.92 Å². The number of urea groups is 1. The lowest BCUT2D eigenvalue weighted by molar-refractivity contribution is 0.0740. The molecular formula is C11H22N2O2. The Morgan fingerprint density at radius 2 is 2.07 bits per heavy atom. The van der Waals surface area contributed by atoms with Gasteiger partial charge in [-0.1, -0.05) is 0 Å². The molecule has 0 aliphatic carbocycles. The van der Waals surface area contributed by atoms with E-state index in [1.165, 1.54) is 0 Å². The van der Waals surface area contributed by atoms with Crippen LogP contribution in [0.5, 0.6) is 0 Å². The fourth-order valence-corrected chi connectivity index (χ4v) is 1.95. The van der Waals surface area contributed by atoms with Crippen LogP contribution in [0.3, 0.4) is 0 Å². The first-order valence-electron chi connectivity index (χ1n) is 5.74. The second-order valence-electron chi connectivity index (χ2n) is 4.36. The van der Waals surface area contributed by atoms with E-state index < -0.39 is 0 Å². The maximum atomic E-state index is 11.8. The molecule has 1 unspecified atom stereocenters. The van der Waals surface area contributed by atoms with Crippen LogP contribution in [-0.2, 0) is 0 Å². The molecular weight excluding hydrogens is 192 g/mol. The average molecular weight is 214 g/mol. The third kappa shape index (κ3) is 3.09. The van der Waals surface area contributed by atoms with Gasteiger partial charge in [-0.25, -0.2) is 4.79 Å². The Balaban J connectivity index is 2.40. The molecule has 2 amide bonds. The first-order chi connectivity index (χ1) is 7.06. The van der Waals surface area contributed by atoms with Crippen molar-refractivity contribution in [2.45, 2.75) is 32.8 Å². The molecule has 88 valence electrons. The number of aliphatic hydroxyl groups is 1. The normalized spacial score (nSPS) is 20.1. The summed E-state index contributed by atoms with van der Waals surface area (Å²) < 4.78 is 0. The van der Waals surface area contributed by atoms with Crippen molar-refractivity contribution in [1.29, 1.82) is 0 Å². The Kier molecular flexibility index (Phi) is 4.39. The highest BCUT2D eigenvalue weighted by Crippen LogP contribution is 2.20. The van der Waals surface area contributed by atoms with Crippen LogP contribution in [0.1, 0.15) is 26.7 Å². The topological polar surface area (TPSA) is 43.8 Å². The number of likely N-dealkylation sites (tertiary alicyclic amines) is 1. The number of amides is 2. The molecule has 0 bridgehead atoms. The molecule has 0 radical (unpaired) electrons. The van der Waals surface area contributed by atoms with Crippen LogP contribution in [-0.4, -0.2) is 53.7 Å². The predicted molar refractivity (Wildman–Crippen MR) is 59.7 cm³/mol. The third-order valence-electron chi connectivity index (χ3n) is 3.29. The van der Waals surface area contributed by atoms with E-state index in [1.54, 1.807) is 4.90 Å². The Hall–Kier alpha value is -0.770. The van der Waals surface area contributed by atoms with Gasteiger partial charge in [-0.15, -0.1) is 0 Å². The zero-order valence-electron chi connectivity index (χ0n) is 9.94. The minimum atomic E-state index is -0.244. The molecule has 1 rings (SSSR count). The van der Waals surface area contributed by atoms with Gasteiger partial charge in [-0.2, -0.15) is 0 Å². The predicted octanol–water partition coefficient (Wildman–Crippen LogP) is 1.15. The van der Waals surface area contributed by atoms with E-state index in [0.717, 1.165) is 32.5 Å². The second-order valence-corrected chi connectivity index (χ2v) is 4.36. The summed E-state index contributed by atoms with van der Waals surface area (Å²) in [6.45, 7) is 6.10. The molecule has 1 N–H and O–H groups in total. The molecule has 1 aliphatic heterocycles. The summed E-state index contributed by atoms with van der Waals surface area (Å²) in [7, 11) is 1.82. The highest BCUT2D eigenvalue weighted by atomic mass is 16.3. The first-order valence-corrected chi connectivity index (χ1v) is 5.74. The molecule has 1 saturated heterocycles. The molecule has 1 aliphatic rings. The van der Waals surface area contributed by atoms with E-state index in [4.69, 9.17) is 0 Å². The van der Waals surface area contributed by atoms with E-state index in [2.05, 4.69) is 0 Å². The number of nitrogens with zero attached hydrogens (tertiary/aromatic N) is 2. The van der Waals surface area contributed by atoms with Gasteiger partial charge in [-0.3, -0.25) is 0 Å². The van der Waals surface area contributed by atoms with Crippen molar-refractivity contribution in [2.24, 2.45) is 5.92 Å². The smallest absolute Gasteiger partial charge is 0.319 e. The molecule has 1 heterocycles. The summed E-state index contributed by atoms with van der Waals surface area (Å²) in [6, 6.07) is 0.113. The number of aliphatic hydroxyl groups excluding tert-OH is 1. The summed E-state index contributed by atoms with van der Waals surface area (Å²) in [5, 5.41) is 9.44. The van der Waals surface area contributed by atoms with Crippen LogP contribution < -0.4 is 0 Å². The number of piperidine rings is 1. The molecule has 1 fully saturated rings. The van der Waals surface area contributed by atoms with Gasteiger partial charge in [0.1, 0.15) is 0 Å². The Labute approximate surface area is 91.9 Å². The van der Waals surface area contributed by atoms with Gasteiger partial charge in [0.05, 0.1) is 6.10 Å². The van der Waals surface area contributed by atoms with E-state index in [1.807, 2.05) is 25.8 Å². The standard InChI is InChI=1S/C11H22N2O2/c1-4-12(3)11(15)13-7-5-10(6-8-13)9(2)14/h9-10,14H,4-8H2,1-3H3. The van der Waals surface area contributed by atoms with Gasteiger partial charge in [-0.05, 0) is 32.6 Å². The minimum Gasteiger partial charge on any atom is -0.393 e. The van der Waals surface area contributed by atoms with Gasteiger partial charge in [0, 0.05) is 26.7 Å². The van der Waals surface area contributed by atoms with Crippen LogP contribution in [0.15, 0.2) is 0 Å². The van der Waals surface area contributed by atoms with Crippen LogP contribution in [0.25, 0.3) is 0 Å². The van der Waals surface area contributed by atoms with Crippen molar-refractivity contribution in [3.8, 4) is 0 Å². The highest BCUT2D eigenvalue weighted by molar-refractivity contribution is 5.74. The highest BCUT2D eigenvalue weighted by Gasteiger charge is 2.26. The van der Waals surface area contributed by atoms with E-state index in [9.17, 15) is 9.90 Å². The zero-order valence-corrected chi connectivity index (χ0v) is 9.94. The Bertz CT molecular complexity index is 211. The summed E-state index contributed by atoms with van der Waals surface area (Å²) in [4.78, 5) is 15.4. The van der Waals surface area contributed by atoms with Gasteiger partial charge < -0.3 is 14.9 Å². The van der Waals surface area contributed by atoms with Crippen molar-refractivity contribution in [1.82, 2.24) is 9.80 Å². The van der Waals surface area contributed by atoms with Crippen LogP contribution in [0.2, 0.25) is 0 Å². The molecule has 0 aromatic heterocycles. The average Bonchev–Trinajstić information content (AvgIpc) is 2.27. The molecule has 4 nitrogen and oxygen atoms in total. The SMILES string of the molecule is CCN(C)C(=O)N1CCC(C(C)O)CC1. The fraction of sp³-hybridized carbons (Fsp3) is 0.909. The molecule has 0 aromatic carbocycles. The number of carbonyl (C=O) groups excluding carboxylic acids is 1. The number of carbonyl (C=O) groups is 1. The molecule has 1 atom stereocenters. The summed E-state index contributed by atoms with van der Waals surface area (Å²) in [5.41, 5.74) is 0. The van der Waals surface area contributed by atoms with Crippen molar-refractivity contribution < 1.29 is 9.90 Å². The van der Waals surface area contributed by atoms with Gasteiger partial charge in [0.2, 0.25) is 0 Å². The van der Waals surface area contributed by atoms with E-state index in [0.29, 0.717) is 5.92 Å². The van der Waals surface area contributed by atoms with Crippen molar-refractivity contribution in [3.63, 3.8) is 0 Å². The van der Waals surface area contributed by atoms with Gasteiger partial charge in [0.25, 0.3) is 0 Å². The number of hydrogen-bond donors (Lipinski definition) is 1. The Morgan fingerprint density at radius 3 is 2.47 bits per heavy atom. The lowest BCUT2D eigenvalue weighted by Crippen LogP contribution is -2.46. The summed E-state index contributed by atoms with van der Waals surface area (Å²) in [6.07, 6.45) is 1.59. The van der Waals surface area contributed by atoms with Crippen LogP contribution in [0.4, 0.5) is 4.79 Å². The molecule has 4 heteroatoms. The zero-order chi connectivity index (χ0) is 11.4. The lowest BCUT2D eigenvalue weighted by atomic mass is 9.92. The summed E-state index contributed by atoms with van der Waals surface area (Å²) in [5.74, 6) is 0.362. The van der Waals surface area contributed by atoms with Gasteiger partial charge >= 0.3 is 6.03 Å². The molecule has 15 heavy (non-hydrogen) atoms. The Morgan fingerprint density at radius 1 is 1.53 bits per heavy atom. The largest absolute Gasteiger partial charge is 0.393 e. The minimum absolute atomic E-state index is 0.113. The van der Waals surface area contributed by atoms with Crippen molar-refractivity contribution in [3.05, 3.63) is 0 Å². The third-order valence-corrected chi connectivity index (χ3v) is 3.29. The summed E-state index contributed by atoms with van der Waals surface area (Å²) >= 11 is 0. The molecule has 0 spiro atoms. The van der Waals surface area contributed by atoms with Crippen LogP contribution >= 0.6 is 0 Å². The van der Waals surface area contributed by atoms with E-state index >= 15 is 0 Å². The molecule has 0 saturated carbocycles. The number of hydrogen-bond acceptors (Lipinski definition) is 2. The maximum Gasteiger partial charge on any atom is 0.319 e. The van der Waals surface area contributed by atoms with Gasteiger partial charge in [0.15, 0.2) is 0 Å². The quantitative estimate of drug-likeness (QED) is 0.749. The number of rotatable bonds is 2. The second kappa shape index (κ2) is 5.35. The monoisotopic (exact) mass is 214 g/mol.